The Bertz CT molecular complexity index is 1030. The summed E-state index contributed by atoms with van der Waals surface area (Å²) in [5.74, 6) is -0.132. The minimum absolute atomic E-state index is 0.0185. The van der Waals surface area contributed by atoms with Crippen molar-refractivity contribution in [3.8, 4) is 0 Å². The number of benzene rings is 3. The summed E-state index contributed by atoms with van der Waals surface area (Å²) in [6, 6.07) is 21.7. The van der Waals surface area contributed by atoms with Gasteiger partial charge in [-0.2, -0.15) is 0 Å². The molecule has 0 fully saturated rings. The van der Waals surface area contributed by atoms with E-state index in [4.69, 9.17) is 0 Å². The number of amides is 2. The third kappa shape index (κ3) is 6.17. The smallest absolute Gasteiger partial charge is 0.242 e. The second kappa shape index (κ2) is 11.1. The minimum Gasteiger partial charge on any atom is -0.354 e. The molecule has 3 aromatic rings. The van der Waals surface area contributed by atoms with E-state index in [1.807, 2.05) is 49.4 Å². The summed E-state index contributed by atoms with van der Waals surface area (Å²) >= 11 is 3.45. The van der Waals surface area contributed by atoms with Crippen molar-refractivity contribution in [2.75, 3.05) is 6.54 Å². The van der Waals surface area contributed by atoms with Gasteiger partial charge >= 0.3 is 0 Å². The highest BCUT2D eigenvalue weighted by Gasteiger charge is 2.25. The van der Waals surface area contributed by atoms with Crippen molar-refractivity contribution in [1.29, 1.82) is 0 Å². The Morgan fingerprint density at radius 2 is 1.71 bits per heavy atom. The number of nitrogens with one attached hydrogen (secondary N) is 1. The van der Waals surface area contributed by atoms with Gasteiger partial charge in [-0.05, 0) is 53.8 Å². The number of hydrogen-bond acceptors (Lipinski definition) is 2. The van der Waals surface area contributed by atoms with Crippen molar-refractivity contribution < 1.29 is 9.59 Å². The summed E-state index contributed by atoms with van der Waals surface area (Å²) in [4.78, 5) is 27.6. The van der Waals surface area contributed by atoms with Gasteiger partial charge in [-0.25, -0.2) is 0 Å². The molecule has 0 aliphatic carbocycles. The van der Waals surface area contributed by atoms with Crippen LogP contribution in [0.2, 0.25) is 0 Å². The van der Waals surface area contributed by atoms with E-state index in [9.17, 15) is 9.59 Å². The lowest BCUT2D eigenvalue weighted by Gasteiger charge is -2.29. The second-order valence-electron chi connectivity index (χ2n) is 7.75. The molecule has 2 amide bonds. The lowest BCUT2D eigenvalue weighted by atomic mass is 10.0. The summed E-state index contributed by atoms with van der Waals surface area (Å²) in [5, 5.41) is 5.26. The first kappa shape index (κ1) is 23.0. The third-order valence-corrected chi connectivity index (χ3v) is 6.00. The van der Waals surface area contributed by atoms with Gasteiger partial charge in [0.05, 0.1) is 0 Å². The van der Waals surface area contributed by atoms with Crippen LogP contribution in [0.1, 0.15) is 37.8 Å². The Balaban J connectivity index is 1.77. The number of aryl methyl sites for hydroxylation is 1. The molecule has 4 nitrogen and oxygen atoms in total. The number of nitrogens with zero attached hydrogens (tertiary/aromatic N) is 1. The number of hydrogen-bond donors (Lipinski definition) is 1. The Hall–Kier alpha value is -2.66. The van der Waals surface area contributed by atoms with Gasteiger partial charge in [0, 0.05) is 24.0 Å². The maximum atomic E-state index is 13.3. The van der Waals surface area contributed by atoms with Crippen molar-refractivity contribution in [1.82, 2.24) is 10.2 Å². The third-order valence-electron chi connectivity index (χ3n) is 5.47. The highest BCUT2D eigenvalue weighted by molar-refractivity contribution is 9.10. The Morgan fingerprint density at radius 3 is 2.45 bits per heavy atom. The van der Waals surface area contributed by atoms with E-state index in [1.54, 1.807) is 11.8 Å². The summed E-state index contributed by atoms with van der Waals surface area (Å²) < 4.78 is 0.985. The molecular formula is C26H29BrN2O2. The van der Waals surface area contributed by atoms with Crippen LogP contribution in [0.4, 0.5) is 0 Å². The molecule has 0 spiro atoms. The van der Waals surface area contributed by atoms with E-state index in [0.29, 0.717) is 25.9 Å². The van der Waals surface area contributed by atoms with Gasteiger partial charge in [0.15, 0.2) is 0 Å². The molecule has 5 heteroatoms. The van der Waals surface area contributed by atoms with Crippen LogP contribution in [0.5, 0.6) is 0 Å². The zero-order chi connectivity index (χ0) is 22.2. The molecule has 0 aromatic heterocycles. The fourth-order valence-corrected chi connectivity index (χ4v) is 3.93. The molecular weight excluding hydrogens is 452 g/mol. The van der Waals surface area contributed by atoms with Crippen molar-refractivity contribution in [3.05, 3.63) is 82.3 Å². The van der Waals surface area contributed by atoms with Gasteiger partial charge in [-0.3, -0.25) is 9.59 Å². The van der Waals surface area contributed by atoms with E-state index in [-0.39, 0.29) is 11.8 Å². The maximum absolute atomic E-state index is 13.3. The van der Waals surface area contributed by atoms with Crippen LogP contribution < -0.4 is 5.32 Å². The Morgan fingerprint density at radius 1 is 1.00 bits per heavy atom. The number of carbonyl (C=O) groups is 2. The van der Waals surface area contributed by atoms with Crippen LogP contribution in [0.25, 0.3) is 10.8 Å². The quantitative estimate of drug-likeness (QED) is 0.440. The van der Waals surface area contributed by atoms with Crippen molar-refractivity contribution in [2.45, 2.75) is 45.7 Å². The lowest BCUT2D eigenvalue weighted by molar-refractivity contribution is -0.140. The maximum Gasteiger partial charge on any atom is 0.242 e. The highest BCUT2D eigenvalue weighted by atomic mass is 79.9. The Labute approximate surface area is 192 Å². The van der Waals surface area contributed by atoms with Gasteiger partial charge in [-0.1, -0.05) is 77.5 Å². The SMILES string of the molecule is CCCNC(=O)[C@@H](C)N(Cc1ccc(Br)cc1)C(=O)CCc1cccc2ccccc12. The molecule has 0 saturated carbocycles. The molecule has 0 radical (unpaired) electrons. The van der Waals surface area contributed by atoms with Crippen molar-refractivity contribution in [2.24, 2.45) is 0 Å². The fraction of sp³-hybridized carbons (Fsp3) is 0.308. The molecule has 0 aliphatic heterocycles. The standard InChI is InChI=1S/C26H29BrN2O2/c1-3-17-28-26(31)19(2)29(18-20-11-14-23(27)15-12-20)25(30)16-13-22-9-6-8-21-7-4-5-10-24(21)22/h4-12,14-15,19H,3,13,16-18H2,1-2H3,(H,28,31)/t19-/m1/s1. The summed E-state index contributed by atoms with van der Waals surface area (Å²) in [7, 11) is 0. The van der Waals surface area contributed by atoms with E-state index < -0.39 is 6.04 Å². The second-order valence-corrected chi connectivity index (χ2v) is 8.67. The van der Waals surface area contributed by atoms with Crippen LogP contribution in [0.3, 0.4) is 0 Å². The number of carbonyl (C=O) groups excluding carboxylic acids is 2. The van der Waals surface area contributed by atoms with Crippen LogP contribution >= 0.6 is 15.9 Å². The molecule has 1 N–H and O–H groups in total. The van der Waals surface area contributed by atoms with Gasteiger partial charge in [0.25, 0.3) is 0 Å². The first-order chi connectivity index (χ1) is 15.0. The van der Waals surface area contributed by atoms with E-state index >= 15 is 0 Å². The van der Waals surface area contributed by atoms with Gasteiger partial charge in [-0.15, -0.1) is 0 Å². The highest BCUT2D eigenvalue weighted by Crippen LogP contribution is 2.21. The number of fused-ring (bicyclic) bond motifs is 1. The molecule has 0 saturated heterocycles. The normalized spacial score (nSPS) is 11.8. The van der Waals surface area contributed by atoms with E-state index in [1.165, 1.54) is 10.8 Å². The molecule has 1 atom stereocenters. The molecule has 31 heavy (non-hydrogen) atoms. The molecule has 3 aromatic carbocycles. The van der Waals surface area contributed by atoms with Crippen LogP contribution in [0, 0.1) is 0 Å². The van der Waals surface area contributed by atoms with Crippen molar-refractivity contribution in [3.63, 3.8) is 0 Å². The molecule has 0 unspecified atom stereocenters. The molecule has 3 rings (SSSR count). The predicted molar refractivity (Wildman–Crippen MR) is 130 cm³/mol. The first-order valence-electron chi connectivity index (χ1n) is 10.8. The van der Waals surface area contributed by atoms with Crippen LogP contribution in [-0.4, -0.2) is 29.3 Å². The largest absolute Gasteiger partial charge is 0.354 e. The number of rotatable bonds is 9. The summed E-state index contributed by atoms with van der Waals surface area (Å²) in [6.45, 7) is 4.83. The molecule has 162 valence electrons. The zero-order valence-electron chi connectivity index (χ0n) is 18.1. The molecule has 0 heterocycles. The Kier molecular flexibility index (Phi) is 8.24. The van der Waals surface area contributed by atoms with E-state index in [0.717, 1.165) is 22.0 Å². The lowest BCUT2D eigenvalue weighted by Crippen LogP contribution is -2.47. The minimum atomic E-state index is -0.532. The number of halogens is 1. The molecule has 0 bridgehead atoms. The zero-order valence-corrected chi connectivity index (χ0v) is 19.7. The van der Waals surface area contributed by atoms with Gasteiger partial charge in [0.1, 0.15) is 6.04 Å². The average Bonchev–Trinajstić information content (AvgIpc) is 2.80. The predicted octanol–water partition coefficient (Wildman–Crippen LogP) is 5.48. The van der Waals surface area contributed by atoms with Crippen LogP contribution in [-0.2, 0) is 22.6 Å². The summed E-state index contributed by atoms with van der Waals surface area (Å²) in [5.41, 5.74) is 2.15. The van der Waals surface area contributed by atoms with E-state index in [2.05, 4.69) is 45.5 Å². The van der Waals surface area contributed by atoms with Crippen LogP contribution in [0.15, 0.2) is 71.2 Å². The summed E-state index contributed by atoms with van der Waals surface area (Å²) in [6.07, 6.45) is 1.86. The van der Waals surface area contributed by atoms with Crippen molar-refractivity contribution >= 4 is 38.5 Å². The fourth-order valence-electron chi connectivity index (χ4n) is 3.66. The molecule has 0 aliphatic rings. The monoisotopic (exact) mass is 480 g/mol. The topological polar surface area (TPSA) is 49.4 Å². The average molecular weight is 481 g/mol. The first-order valence-corrected chi connectivity index (χ1v) is 11.6. The van der Waals surface area contributed by atoms with Gasteiger partial charge < -0.3 is 10.2 Å². The van der Waals surface area contributed by atoms with Gasteiger partial charge in [0.2, 0.25) is 11.8 Å².